The highest BCUT2D eigenvalue weighted by Crippen LogP contribution is 2.19. The summed E-state index contributed by atoms with van der Waals surface area (Å²) < 4.78 is 21.6. The van der Waals surface area contributed by atoms with Gasteiger partial charge in [0.05, 0.1) is 6.54 Å². The summed E-state index contributed by atoms with van der Waals surface area (Å²) in [4.78, 5) is 24.8. The van der Waals surface area contributed by atoms with Crippen LogP contribution in [-0.4, -0.2) is 55.8 Å². The van der Waals surface area contributed by atoms with E-state index >= 15 is 0 Å². The number of hydrogen-bond donors (Lipinski definition) is 1. The average molecular weight is 262 g/mol. The third-order valence-corrected chi connectivity index (χ3v) is 5.02. The molecule has 0 saturated carbocycles. The quantitative estimate of drug-likeness (QED) is 0.703. The number of nitrogens with one attached hydrogen (secondary N) is 1. The average Bonchev–Trinajstić information content (AvgIpc) is 2.39. The highest BCUT2D eigenvalue weighted by Gasteiger charge is 2.41. The highest BCUT2D eigenvalue weighted by atomic mass is 32.2. The lowest BCUT2D eigenvalue weighted by molar-refractivity contribution is -0.136. The first-order valence-electron chi connectivity index (χ1n) is 5.42. The molecule has 6 nitrogen and oxygen atoms in total. The Kier molecular flexibility index (Phi) is 3.81. The van der Waals surface area contributed by atoms with Crippen LogP contribution in [0.5, 0.6) is 0 Å². The molecule has 1 heterocycles. The van der Waals surface area contributed by atoms with E-state index in [2.05, 4.69) is 5.32 Å². The van der Waals surface area contributed by atoms with Crippen LogP contribution < -0.4 is 5.32 Å². The van der Waals surface area contributed by atoms with Crippen LogP contribution in [0.3, 0.4) is 0 Å². The van der Waals surface area contributed by atoms with Crippen LogP contribution in [0.2, 0.25) is 0 Å². The number of carbonyl (C=O) groups excluding carboxylic acids is 2. The Morgan fingerprint density at radius 1 is 1.41 bits per heavy atom. The summed E-state index contributed by atoms with van der Waals surface area (Å²) in [6.45, 7) is 3.58. The van der Waals surface area contributed by atoms with Gasteiger partial charge in [-0.15, -0.1) is 0 Å². The van der Waals surface area contributed by atoms with Gasteiger partial charge in [-0.1, -0.05) is 0 Å². The molecule has 0 spiro atoms. The largest absolute Gasteiger partial charge is 0.354 e. The molecule has 1 fully saturated rings. The summed E-state index contributed by atoms with van der Waals surface area (Å²) >= 11 is 0. The zero-order valence-corrected chi connectivity index (χ0v) is 11.1. The van der Waals surface area contributed by atoms with Gasteiger partial charge in [-0.2, -0.15) is 0 Å². The van der Waals surface area contributed by atoms with E-state index in [0.29, 0.717) is 19.5 Å². The predicted octanol–water partition coefficient (Wildman–Crippen LogP) is -0.842. The van der Waals surface area contributed by atoms with Gasteiger partial charge in [0.1, 0.15) is 4.75 Å². The minimum absolute atomic E-state index is 0.0716. The number of sulfone groups is 1. The van der Waals surface area contributed by atoms with Crippen molar-refractivity contribution in [3.63, 3.8) is 0 Å². The Balaban J connectivity index is 2.92. The summed E-state index contributed by atoms with van der Waals surface area (Å²) in [6, 6.07) is 0. The number of carbonyl (C=O) groups is 2. The van der Waals surface area contributed by atoms with Gasteiger partial charge >= 0.3 is 0 Å². The fourth-order valence-corrected chi connectivity index (χ4v) is 1.97. The van der Waals surface area contributed by atoms with Gasteiger partial charge in [-0.25, -0.2) is 8.42 Å². The summed E-state index contributed by atoms with van der Waals surface area (Å²) in [7, 11) is -3.50. The van der Waals surface area contributed by atoms with Crippen LogP contribution in [0.25, 0.3) is 0 Å². The minimum atomic E-state index is -3.50. The molecule has 1 aliphatic heterocycles. The molecule has 0 unspecified atom stereocenters. The van der Waals surface area contributed by atoms with Crippen molar-refractivity contribution in [2.24, 2.45) is 0 Å². The summed E-state index contributed by atoms with van der Waals surface area (Å²) in [6.07, 6.45) is 1.67. The van der Waals surface area contributed by atoms with Crippen molar-refractivity contribution in [2.45, 2.75) is 25.0 Å². The Morgan fingerprint density at radius 3 is 2.53 bits per heavy atom. The third kappa shape index (κ3) is 2.96. The smallest absolute Gasteiger partial charge is 0.243 e. The molecule has 98 valence electrons. The van der Waals surface area contributed by atoms with Gasteiger partial charge in [0.25, 0.3) is 0 Å². The molecule has 2 amide bonds. The second-order valence-corrected chi connectivity index (χ2v) is 7.28. The molecule has 0 aliphatic carbocycles. The van der Waals surface area contributed by atoms with Crippen molar-refractivity contribution in [3.05, 3.63) is 0 Å². The normalized spacial score (nSPS) is 18.5. The number of nitrogens with zero attached hydrogens (tertiary/aromatic N) is 1. The van der Waals surface area contributed by atoms with E-state index in [9.17, 15) is 18.0 Å². The molecule has 17 heavy (non-hydrogen) atoms. The molecule has 0 aromatic carbocycles. The molecule has 1 aliphatic rings. The van der Waals surface area contributed by atoms with Crippen LogP contribution in [0, 0.1) is 0 Å². The van der Waals surface area contributed by atoms with Gasteiger partial charge in [-0.3, -0.25) is 9.59 Å². The van der Waals surface area contributed by atoms with Crippen molar-refractivity contribution < 1.29 is 18.0 Å². The molecule has 0 aromatic rings. The molecule has 0 atom stereocenters. The first-order chi connectivity index (χ1) is 7.66. The van der Waals surface area contributed by atoms with Crippen molar-refractivity contribution in [3.8, 4) is 0 Å². The van der Waals surface area contributed by atoms with Crippen LogP contribution in [-0.2, 0) is 19.4 Å². The molecule has 0 radical (unpaired) electrons. The van der Waals surface area contributed by atoms with Crippen LogP contribution in [0.4, 0.5) is 0 Å². The lowest BCUT2D eigenvalue weighted by Gasteiger charge is -2.29. The molecule has 0 bridgehead atoms. The van der Waals surface area contributed by atoms with E-state index < -0.39 is 20.5 Å². The molecule has 0 aromatic heterocycles. The van der Waals surface area contributed by atoms with Gasteiger partial charge in [0, 0.05) is 19.3 Å². The van der Waals surface area contributed by atoms with Crippen molar-refractivity contribution in [1.82, 2.24) is 10.2 Å². The molecule has 1 N–H and O–H groups in total. The topological polar surface area (TPSA) is 83.6 Å². The first kappa shape index (κ1) is 14.0. The Hall–Kier alpha value is -1.11. The van der Waals surface area contributed by atoms with Crippen molar-refractivity contribution >= 4 is 21.7 Å². The lowest BCUT2D eigenvalue weighted by Crippen LogP contribution is -2.51. The van der Waals surface area contributed by atoms with Crippen molar-refractivity contribution in [1.29, 1.82) is 0 Å². The summed E-state index contributed by atoms with van der Waals surface area (Å²) in [5.41, 5.74) is 0. The van der Waals surface area contributed by atoms with Crippen molar-refractivity contribution in [2.75, 3.05) is 25.9 Å². The van der Waals surface area contributed by atoms with Gasteiger partial charge < -0.3 is 10.2 Å². The fourth-order valence-electron chi connectivity index (χ4n) is 1.52. The zero-order chi connectivity index (χ0) is 13.3. The third-order valence-electron chi connectivity index (χ3n) is 2.99. The molecule has 7 heteroatoms. The van der Waals surface area contributed by atoms with Crippen LogP contribution in [0.1, 0.15) is 20.3 Å². The Labute approximate surface area is 101 Å². The lowest BCUT2D eigenvalue weighted by atomic mass is 10.1. The maximum absolute atomic E-state index is 12.1. The van der Waals surface area contributed by atoms with Gasteiger partial charge in [0.2, 0.25) is 11.8 Å². The first-order valence-corrected chi connectivity index (χ1v) is 7.31. The second-order valence-electron chi connectivity index (χ2n) is 4.71. The summed E-state index contributed by atoms with van der Waals surface area (Å²) in [5, 5.41) is 2.64. The SMILES string of the molecule is CC(C)(C(=O)N1CCCNC(=O)C1)S(C)(=O)=O. The highest BCUT2D eigenvalue weighted by molar-refractivity contribution is 7.92. The van der Waals surface area contributed by atoms with E-state index in [1.807, 2.05) is 0 Å². The number of rotatable bonds is 2. The molecular weight excluding hydrogens is 244 g/mol. The maximum Gasteiger partial charge on any atom is 0.243 e. The molecule has 1 rings (SSSR count). The predicted molar refractivity (Wildman–Crippen MR) is 63.1 cm³/mol. The van der Waals surface area contributed by atoms with E-state index in [4.69, 9.17) is 0 Å². The van der Waals surface area contributed by atoms with Gasteiger partial charge in [-0.05, 0) is 20.3 Å². The van der Waals surface area contributed by atoms with E-state index in [-0.39, 0.29) is 12.5 Å². The monoisotopic (exact) mass is 262 g/mol. The fraction of sp³-hybridized carbons (Fsp3) is 0.800. The number of hydrogen-bond acceptors (Lipinski definition) is 4. The van der Waals surface area contributed by atoms with E-state index in [1.54, 1.807) is 0 Å². The van der Waals surface area contributed by atoms with E-state index in [1.165, 1.54) is 18.7 Å². The van der Waals surface area contributed by atoms with Crippen LogP contribution >= 0.6 is 0 Å². The standard InChI is InChI=1S/C10H18N2O4S/c1-10(2,17(3,15)16)9(14)12-6-4-5-11-8(13)7-12/h4-7H2,1-3H3,(H,11,13). The minimum Gasteiger partial charge on any atom is -0.354 e. The second kappa shape index (κ2) is 4.64. The molecule has 1 saturated heterocycles. The summed E-state index contributed by atoms with van der Waals surface area (Å²) in [5.74, 6) is -0.766. The Bertz CT molecular complexity index is 428. The van der Waals surface area contributed by atoms with Gasteiger partial charge in [0.15, 0.2) is 9.84 Å². The zero-order valence-electron chi connectivity index (χ0n) is 10.3. The molecular formula is C10H18N2O4S. The Morgan fingerprint density at radius 2 is 2.00 bits per heavy atom. The maximum atomic E-state index is 12.1. The van der Waals surface area contributed by atoms with Crippen LogP contribution in [0.15, 0.2) is 0 Å². The van der Waals surface area contributed by atoms with E-state index in [0.717, 1.165) is 6.26 Å². The number of amides is 2.